The fraction of sp³-hybridized carbons (Fsp3) is 0.333. The summed E-state index contributed by atoms with van der Waals surface area (Å²) >= 11 is 0. The minimum absolute atomic E-state index is 0.382. The third kappa shape index (κ3) is 2.69. The molecule has 0 spiro atoms. The van der Waals surface area contributed by atoms with Gasteiger partial charge in [-0.2, -0.15) is 0 Å². The monoisotopic (exact) mass is 200 g/mol. The molecule has 1 rings (SSSR count). The average Bonchev–Trinajstić information content (AvgIpc) is 2.14. The van der Waals surface area contributed by atoms with Gasteiger partial charge >= 0.3 is 0 Å². The molecule has 0 saturated carbocycles. The van der Waals surface area contributed by atoms with E-state index in [1.54, 1.807) is 6.92 Å². The number of aryl methyl sites for hydroxylation is 1. The van der Waals surface area contributed by atoms with Crippen LogP contribution in [0.2, 0.25) is 0 Å². The molecule has 4 nitrogen and oxygen atoms in total. The Morgan fingerprint density at radius 2 is 1.93 bits per heavy atom. The molecule has 0 aromatic heterocycles. The maximum Gasteiger partial charge on any atom is 0.295 e. The largest absolute Gasteiger partial charge is 0.391 e. The Kier molecular flexibility index (Phi) is 4.55. The Balaban J connectivity index is 0.000000791. The van der Waals surface area contributed by atoms with E-state index in [4.69, 9.17) is 5.73 Å². The number of rotatable bonds is 1. The van der Waals surface area contributed by atoms with Gasteiger partial charge in [-0.1, -0.05) is 13.8 Å². The van der Waals surface area contributed by atoms with Gasteiger partial charge in [0.15, 0.2) is 5.82 Å². The highest BCUT2D eigenvalue weighted by molar-refractivity contribution is 5.60. The molecule has 0 aliphatic carbocycles. The van der Waals surface area contributed by atoms with Crippen LogP contribution < -0.4 is 5.73 Å². The minimum Gasteiger partial charge on any atom is -0.391 e. The van der Waals surface area contributed by atoms with Crippen LogP contribution in [-0.4, -0.2) is 4.92 Å². The number of nitrogen functional groups attached to an aromatic ring is 1. The third-order valence-electron chi connectivity index (χ3n) is 1.45. The molecular formula is C9H13FN2O2. The van der Waals surface area contributed by atoms with Gasteiger partial charge < -0.3 is 5.73 Å². The SMILES string of the molecule is CC.Cc1cc(F)c(N)c([N+](=O)[O-])c1. The second-order valence-electron chi connectivity index (χ2n) is 2.44. The standard InChI is InChI=1S/C7H7FN2O2.C2H6/c1-4-2-5(8)7(9)6(3-4)10(11)12;1-2/h2-3H,9H2,1H3;1-2H3. The molecule has 0 bridgehead atoms. The summed E-state index contributed by atoms with van der Waals surface area (Å²) < 4.78 is 12.8. The van der Waals surface area contributed by atoms with Crippen molar-refractivity contribution in [1.29, 1.82) is 0 Å². The highest BCUT2D eigenvalue weighted by atomic mass is 19.1. The van der Waals surface area contributed by atoms with Crippen LogP contribution in [0.1, 0.15) is 19.4 Å². The lowest BCUT2D eigenvalue weighted by Gasteiger charge is -1.99. The lowest BCUT2D eigenvalue weighted by atomic mass is 10.2. The molecule has 0 heterocycles. The van der Waals surface area contributed by atoms with E-state index in [0.29, 0.717) is 5.56 Å². The maximum atomic E-state index is 12.8. The number of nitrogens with two attached hydrogens (primary N) is 1. The quantitative estimate of drug-likeness (QED) is 0.430. The summed E-state index contributed by atoms with van der Waals surface area (Å²) in [4.78, 5) is 9.58. The maximum absolute atomic E-state index is 12.8. The summed E-state index contributed by atoms with van der Waals surface area (Å²) in [7, 11) is 0. The molecule has 1 aromatic carbocycles. The van der Waals surface area contributed by atoms with Crippen molar-refractivity contribution in [2.75, 3.05) is 5.73 Å². The van der Waals surface area contributed by atoms with Gasteiger partial charge in [0.1, 0.15) is 5.69 Å². The fourth-order valence-electron chi connectivity index (χ4n) is 0.886. The molecule has 0 aliphatic heterocycles. The number of benzene rings is 1. The van der Waals surface area contributed by atoms with Gasteiger partial charge in [-0.05, 0) is 18.6 Å². The van der Waals surface area contributed by atoms with Crippen LogP contribution in [-0.2, 0) is 0 Å². The number of hydrogen-bond acceptors (Lipinski definition) is 3. The topological polar surface area (TPSA) is 69.2 Å². The Morgan fingerprint density at radius 1 is 1.43 bits per heavy atom. The zero-order chi connectivity index (χ0) is 11.3. The van der Waals surface area contributed by atoms with Crippen molar-refractivity contribution in [2.45, 2.75) is 20.8 Å². The normalized spacial score (nSPS) is 8.86. The van der Waals surface area contributed by atoms with E-state index in [9.17, 15) is 14.5 Å². The lowest BCUT2D eigenvalue weighted by Crippen LogP contribution is -1.99. The van der Waals surface area contributed by atoms with Crippen LogP contribution >= 0.6 is 0 Å². The first-order valence-corrected chi connectivity index (χ1v) is 4.22. The number of halogens is 1. The number of anilines is 1. The molecule has 78 valence electrons. The minimum atomic E-state index is -0.748. The number of nitro benzene ring substituents is 1. The van der Waals surface area contributed by atoms with Crippen molar-refractivity contribution in [3.63, 3.8) is 0 Å². The molecule has 0 unspecified atom stereocenters. The first kappa shape index (κ1) is 12.3. The van der Waals surface area contributed by atoms with E-state index in [0.717, 1.165) is 6.07 Å². The summed E-state index contributed by atoms with van der Waals surface area (Å²) in [5, 5.41) is 10.3. The van der Waals surface area contributed by atoms with E-state index >= 15 is 0 Å². The molecule has 0 fully saturated rings. The predicted molar refractivity (Wildman–Crippen MR) is 53.6 cm³/mol. The van der Waals surface area contributed by atoms with E-state index in [-0.39, 0.29) is 5.69 Å². The smallest absolute Gasteiger partial charge is 0.295 e. The van der Waals surface area contributed by atoms with Crippen LogP contribution in [0.4, 0.5) is 15.8 Å². The van der Waals surface area contributed by atoms with Crippen molar-refractivity contribution >= 4 is 11.4 Å². The lowest BCUT2D eigenvalue weighted by molar-refractivity contribution is -0.384. The first-order valence-electron chi connectivity index (χ1n) is 4.22. The Hall–Kier alpha value is -1.65. The number of hydrogen-bond donors (Lipinski definition) is 1. The van der Waals surface area contributed by atoms with E-state index in [2.05, 4.69) is 0 Å². The zero-order valence-corrected chi connectivity index (χ0v) is 8.37. The van der Waals surface area contributed by atoms with Crippen LogP contribution in [0.5, 0.6) is 0 Å². The molecule has 0 aliphatic rings. The Labute approximate surface area is 81.7 Å². The van der Waals surface area contributed by atoms with Gasteiger partial charge in [0, 0.05) is 6.07 Å². The van der Waals surface area contributed by atoms with Crippen molar-refractivity contribution in [3.05, 3.63) is 33.6 Å². The molecule has 0 saturated heterocycles. The zero-order valence-electron chi connectivity index (χ0n) is 8.37. The Morgan fingerprint density at radius 3 is 2.36 bits per heavy atom. The molecular weight excluding hydrogens is 187 g/mol. The average molecular weight is 200 g/mol. The summed E-state index contributed by atoms with van der Waals surface area (Å²) in [6.07, 6.45) is 0. The van der Waals surface area contributed by atoms with Crippen LogP contribution in [0.3, 0.4) is 0 Å². The fourth-order valence-corrected chi connectivity index (χ4v) is 0.886. The highest BCUT2D eigenvalue weighted by Gasteiger charge is 2.15. The second-order valence-corrected chi connectivity index (χ2v) is 2.44. The van der Waals surface area contributed by atoms with Crippen molar-refractivity contribution in [2.24, 2.45) is 0 Å². The molecule has 2 N–H and O–H groups in total. The highest BCUT2D eigenvalue weighted by Crippen LogP contribution is 2.25. The van der Waals surface area contributed by atoms with Gasteiger partial charge in [0.2, 0.25) is 0 Å². The van der Waals surface area contributed by atoms with E-state index in [1.807, 2.05) is 13.8 Å². The Bertz CT molecular complexity index is 340. The van der Waals surface area contributed by atoms with Gasteiger partial charge in [0.25, 0.3) is 5.69 Å². The van der Waals surface area contributed by atoms with Crippen LogP contribution in [0, 0.1) is 22.9 Å². The van der Waals surface area contributed by atoms with Gasteiger partial charge in [0.05, 0.1) is 4.92 Å². The molecule has 0 radical (unpaired) electrons. The van der Waals surface area contributed by atoms with Gasteiger partial charge in [-0.25, -0.2) is 4.39 Å². The van der Waals surface area contributed by atoms with Crippen molar-refractivity contribution in [1.82, 2.24) is 0 Å². The van der Waals surface area contributed by atoms with Crippen molar-refractivity contribution < 1.29 is 9.31 Å². The summed E-state index contributed by atoms with van der Waals surface area (Å²) in [5.74, 6) is -0.748. The molecule has 1 aromatic rings. The molecule has 14 heavy (non-hydrogen) atoms. The molecule has 5 heteroatoms. The molecule has 0 amide bonds. The number of nitrogens with zero attached hydrogens (tertiary/aromatic N) is 1. The summed E-state index contributed by atoms with van der Waals surface area (Å²) in [5.41, 5.74) is 4.82. The summed E-state index contributed by atoms with van der Waals surface area (Å²) in [6, 6.07) is 2.39. The predicted octanol–water partition coefficient (Wildman–Crippen LogP) is 2.65. The molecule has 0 atom stereocenters. The van der Waals surface area contributed by atoms with Crippen LogP contribution in [0.25, 0.3) is 0 Å². The second kappa shape index (κ2) is 5.16. The van der Waals surface area contributed by atoms with E-state index in [1.165, 1.54) is 6.07 Å². The first-order chi connectivity index (χ1) is 6.52. The third-order valence-corrected chi connectivity index (χ3v) is 1.45. The summed E-state index contributed by atoms with van der Waals surface area (Å²) in [6.45, 7) is 5.56. The van der Waals surface area contributed by atoms with Crippen molar-refractivity contribution in [3.8, 4) is 0 Å². The van der Waals surface area contributed by atoms with Crippen LogP contribution in [0.15, 0.2) is 12.1 Å². The van der Waals surface area contributed by atoms with Gasteiger partial charge in [-0.15, -0.1) is 0 Å². The van der Waals surface area contributed by atoms with Gasteiger partial charge in [-0.3, -0.25) is 10.1 Å². The number of nitro groups is 1. The van der Waals surface area contributed by atoms with E-state index < -0.39 is 16.4 Å².